The number of unbranched alkanes of at least 4 members (excludes halogenated alkanes) is 3. The third-order valence-corrected chi connectivity index (χ3v) is 3.95. The number of nitrogens with zero attached hydrogens (tertiary/aromatic N) is 2. The molecule has 24 heavy (non-hydrogen) atoms. The van der Waals surface area contributed by atoms with Crippen LogP contribution >= 0.6 is 0 Å². The van der Waals surface area contributed by atoms with E-state index in [0.29, 0.717) is 23.3 Å². The smallest absolute Gasteiger partial charge is 0.297 e. The zero-order chi connectivity index (χ0) is 17.7. The minimum absolute atomic E-state index is 0.0726. The van der Waals surface area contributed by atoms with Crippen molar-refractivity contribution in [2.45, 2.75) is 32.6 Å². The highest BCUT2D eigenvalue weighted by atomic mass is 16.6. The molecule has 1 heterocycles. The number of ether oxygens (including phenoxy) is 2. The molecule has 7 heteroatoms. The molecule has 0 aliphatic heterocycles. The first-order valence-electron chi connectivity index (χ1n) is 7.99. The second kappa shape index (κ2) is 7.81. The first kappa shape index (κ1) is 17.8. The topological polar surface area (TPSA) is 83.6 Å². The number of hydrogen-bond acceptors (Lipinski definition) is 5. The van der Waals surface area contributed by atoms with Crippen LogP contribution in [0.3, 0.4) is 0 Å². The van der Waals surface area contributed by atoms with Gasteiger partial charge in [0, 0.05) is 24.6 Å². The van der Waals surface area contributed by atoms with Gasteiger partial charge >= 0.3 is 0 Å². The van der Waals surface area contributed by atoms with Gasteiger partial charge in [-0.1, -0.05) is 26.2 Å². The number of aromatic nitrogens is 1. The van der Waals surface area contributed by atoms with Crippen molar-refractivity contribution in [3.05, 3.63) is 38.7 Å². The summed E-state index contributed by atoms with van der Waals surface area (Å²) < 4.78 is 12.4. The van der Waals surface area contributed by atoms with Gasteiger partial charge in [-0.05, 0) is 12.5 Å². The summed E-state index contributed by atoms with van der Waals surface area (Å²) in [5, 5.41) is 11.6. The Labute approximate surface area is 140 Å². The molecule has 130 valence electrons. The molecule has 0 aliphatic rings. The van der Waals surface area contributed by atoms with Crippen molar-refractivity contribution in [3.63, 3.8) is 0 Å². The number of aryl methyl sites for hydroxylation is 1. The van der Waals surface area contributed by atoms with Crippen LogP contribution in [0.1, 0.15) is 32.6 Å². The molecular formula is C17H22N2O5. The molecule has 0 fully saturated rings. The number of nitro benzene ring substituents is 1. The maximum absolute atomic E-state index is 12.4. The lowest BCUT2D eigenvalue weighted by Crippen LogP contribution is -2.20. The number of nitro groups is 1. The van der Waals surface area contributed by atoms with Crippen LogP contribution in [0.2, 0.25) is 0 Å². The highest BCUT2D eigenvalue weighted by Crippen LogP contribution is 2.34. The van der Waals surface area contributed by atoms with Crippen LogP contribution in [0.15, 0.2) is 23.0 Å². The van der Waals surface area contributed by atoms with E-state index in [2.05, 4.69) is 6.92 Å². The second-order valence-corrected chi connectivity index (χ2v) is 5.59. The van der Waals surface area contributed by atoms with E-state index >= 15 is 0 Å². The molecule has 0 N–H and O–H groups in total. The number of pyridine rings is 1. The van der Waals surface area contributed by atoms with Gasteiger partial charge in [0.25, 0.3) is 11.2 Å². The van der Waals surface area contributed by atoms with Gasteiger partial charge < -0.3 is 14.0 Å². The Kier molecular flexibility index (Phi) is 5.78. The van der Waals surface area contributed by atoms with Crippen LogP contribution < -0.4 is 15.0 Å². The van der Waals surface area contributed by atoms with Crippen molar-refractivity contribution in [2.75, 3.05) is 13.7 Å². The quantitative estimate of drug-likeness (QED) is 0.419. The average molecular weight is 334 g/mol. The van der Waals surface area contributed by atoms with Gasteiger partial charge in [-0.2, -0.15) is 0 Å². The Balaban J connectivity index is 2.48. The lowest BCUT2D eigenvalue weighted by atomic mass is 10.1. The van der Waals surface area contributed by atoms with E-state index in [-0.39, 0.29) is 17.0 Å². The lowest BCUT2D eigenvalue weighted by molar-refractivity contribution is -0.384. The predicted molar refractivity (Wildman–Crippen MR) is 92.0 cm³/mol. The molecule has 1 aromatic heterocycles. The summed E-state index contributed by atoms with van der Waals surface area (Å²) in [4.78, 5) is 22.9. The standard InChI is InChI=1S/C17H22N2O5/c1-4-5-6-7-10-24-15-13-9-8-12(19(21)22)11-14(13)18(2)17(20)16(15)23-3/h8-9,11H,4-7,10H2,1-3H3. The molecule has 0 saturated carbocycles. The van der Waals surface area contributed by atoms with Crippen LogP contribution in [-0.2, 0) is 7.05 Å². The number of hydrogen-bond donors (Lipinski definition) is 0. The van der Waals surface area contributed by atoms with Crippen LogP contribution in [0.25, 0.3) is 10.9 Å². The molecule has 1 aromatic carbocycles. The van der Waals surface area contributed by atoms with Crippen molar-refractivity contribution in [3.8, 4) is 11.5 Å². The summed E-state index contributed by atoms with van der Waals surface area (Å²) in [6.45, 7) is 2.60. The Morgan fingerprint density at radius 3 is 2.58 bits per heavy atom. The zero-order valence-corrected chi connectivity index (χ0v) is 14.2. The number of benzene rings is 1. The summed E-state index contributed by atoms with van der Waals surface area (Å²) in [6.07, 6.45) is 4.18. The lowest BCUT2D eigenvalue weighted by Gasteiger charge is -2.15. The van der Waals surface area contributed by atoms with E-state index in [1.54, 1.807) is 13.1 Å². The molecule has 2 rings (SSSR count). The van der Waals surface area contributed by atoms with Crippen molar-refractivity contribution in [1.82, 2.24) is 4.57 Å². The normalized spacial score (nSPS) is 10.8. The Bertz CT molecular complexity index is 798. The van der Waals surface area contributed by atoms with Crippen molar-refractivity contribution in [1.29, 1.82) is 0 Å². The summed E-state index contributed by atoms with van der Waals surface area (Å²) in [6, 6.07) is 4.37. The number of rotatable bonds is 8. The third-order valence-electron chi connectivity index (χ3n) is 3.95. The Morgan fingerprint density at radius 1 is 1.21 bits per heavy atom. The molecule has 0 aliphatic carbocycles. The molecule has 0 radical (unpaired) electrons. The highest BCUT2D eigenvalue weighted by Gasteiger charge is 2.19. The summed E-state index contributed by atoms with van der Waals surface area (Å²) in [7, 11) is 2.97. The minimum atomic E-state index is -0.487. The second-order valence-electron chi connectivity index (χ2n) is 5.59. The van der Waals surface area contributed by atoms with Crippen molar-refractivity contribution in [2.24, 2.45) is 7.05 Å². The van der Waals surface area contributed by atoms with Crippen LogP contribution in [-0.4, -0.2) is 23.2 Å². The fourth-order valence-electron chi connectivity index (χ4n) is 2.61. The zero-order valence-electron chi connectivity index (χ0n) is 14.2. The van der Waals surface area contributed by atoms with Gasteiger partial charge in [-0.3, -0.25) is 14.9 Å². The van der Waals surface area contributed by atoms with E-state index in [0.717, 1.165) is 25.7 Å². The SMILES string of the molecule is CCCCCCOc1c(OC)c(=O)n(C)c2cc([N+](=O)[O-])ccc12. The molecule has 0 atom stereocenters. The largest absolute Gasteiger partial charge is 0.489 e. The number of fused-ring (bicyclic) bond motifs is 1. The van der Waals surface area contributed by atoms with Gasteiger partial charge in [0.2, 0.25) is 5.75 Å². The summed E-state index contributed by atoms with van der Waals surface area (Å²) in [5.74, 6) is 0.469. The van der Waals surface area contributed by atoms with E-state index in [1.165, 1.54) is 23.8 Å². The molecule has 2 aromatic rings. The van der Waals surface area contributed by atoms with E-state index < -0.39 is 4.92 Å². The van der Waals surface area contributed by atoms with Crippen molar-refractivity contribution < 1.29 is 14.4 Å². The Morgan fingerprint density at radius 2 is 1.96 bits per heavy atom. The highest BCUT2D eigenvalue weighted by molar-refractivity contribution is 5.89. The molecule has 7 nitrogen and oxygen atoms in total. The van der Waals surface area contributed by atoms with Crippen LogP contribution in [0, 0.1) is 10.1 Å². The summed E-state index contributed by atoms with van der Waals surface area (Å²) in [5.41, 5.74) is -0.0100. The van der Waals surface area contributed by atoms with E-state index in [4.69, 9.17) is 9.47 Å². The van der Waals surface area contributed by atoms with Crippen molar-refractivity contribution >= 4 is 16.6 Å². The molecule has 0 saturated heterocycles. The molecular weight excluding hydrogens is 312 g/mol. The first-order valence-corrected chi connectivity index (χ1v) is 7.99. The molecule has 0 bridgehead atoms. The molecule has 0 amide bonds. The fraction of sp³-hybridized carbons (Fsp3) is 0.471. The van der Waals surface area contributed by atoms with Crippen LogP contribution in [0.4, 0.5) is 5.69 Å². The fourth-order valence-corrected chi connectivity index (χ4v) is 2.61. The third kappa shape index (κ3) is 3.50. The maximum atomic E-state index is 12.4. The van der Waals surface area contributed by atoms with Gasteiger partial charge in [-0.15, -0.1) is 0 Å². The first-order chi connectivity index (χ1) is 11.5. The average Bonchev–Trinajstić information content (AvgIpc) is 2.58. The van der Waals surface area contributed by atoms with E-state index in [9.17, 15) is 14.9 Å². The predicted octanol–water partition coefficient (Wildman–Crippen LogP) is 3.41. The minimum Gasteiger partial charge on any atom is -0.489 e. The van der Waals surface area contributed by atoms with Crippen LogP contribution in [0.5, 0.6) is 11.5 Å². The van der Waals surface area contributed by atoms with Gasteiger partial charge in [0.05, 0.1) is 24.2 Å². The molecule has 0 spiro atoms. The molecule has 0 unspecified atom stereocenters. The van der Waals surface area contributed by atoms with E-state index in [1.807, 2.05) is 0 Å². The van der Waals surface area contributed by atoms with Gasteiger partial charge in [-0.25, -0.2) is 0 Å². The monoisotopic (exact) mass is 334 g/mol. The Hall–Kier alpha value is -2.57. The maximum Gasteiger partial charge on any atom is 0.297 e. The van der Waals surface area contributed by atoms with Gasteiger partial charge in [0.15, 0.2) is 5.75 Å². The van der Waals surface area contributed by atoms with Gasteiger partial charge in [0.1, 0.15) is 0 Å². The number of methoxy groups -OCH3 is 1. The number of non-ortho nitro benzene ring substituents is 1. The summed E-state index contributed by atoms with van der Waals surface area (Å²) >= 11 is 0.